The lowest BCUT2D eigenvalue weighted by Crippen LogP contribution is -2.23. The molecule has 1 heterocycles. The minimum atomic E-state index is 0.0451. The minimum Gasteiger partial charge on any atom is -0.356 e. The number of nitrogens with zero attached hydrogens (tertiary/aromatic N) is 1. The molecule has 0 aliphatic rings. The average molecular weight is 328 g/mol. The van der Waals surface area contributed by atoms with Crippen LogP contribution in [0.4, 0.5) is 0 Å². The number of halogens is 1. The molecular weight excluding hydrogens is 314 g/mol. The Morgan fingerprint density at radius 1 is 1.56 bits per heavy atom. The molecule has 0 bridgehead atoms. The molecule has 0 unspecified atom stereocenters. The zero-order valence-electron chi connectivity index (χ0n) is 10.00. The van der Waals surface area contributed by atoms with E-state index in [0.717, 1.165) is 15.5 Å². The van der Waals surface area contributed by atoms with E-state index < -0.39 is 0 Å². The third-order valence-corrected chi connectivity index (χ3v) is 3.49. The lowest BCUT2D eigenvalue weighted by Gasteiger charge is -2.05. The SMILES string of the molecule is CCNC(=O)CCn1c(=S)[nH]c2ccc(Br)cc21. The van der Waals surface area contributed by atoms with Crippen molar-refractivity contribution in [2.45, 2.75) is 19.9 Å². The molecule has 0 spiro atoms. The highest BCUT2D eigenvalue weighted by atomic mass is 79.9. The predicted octanol–water partition coefficient (Wildman–Crippen LogP) is 2.99. The van der Waals surface area contributed by atoms with Crippen LogP contribution in [0.1, 0.15) is 13.3 Å². The predicted molar refractivity (Wildman–Crippen MR) is 78.1 cm³/mol. The maximum absolute atomic E-state index is 11.5. The number of aromatic amines is 1. The molecule has 96 valence electrons. The van der Waals surface area contributed by atoms with Crippen molar-refractivity contribution >= 4 is 45.1 Å². The van der Waals surface area contributed by atoms with Crippen molar-refractivity contribution in [3.63, 3.8) is 0 Å². The molecule has 1 amide bonds. The first-order valence-electron chi connectivity index (χ1n) is 5.76. The minimum absolute atomic E-state index is 0.0451. The highest BCUT2D eigenvalue weighted by Crippen LogP contribution is 2.19. The molecule has 0 atom stereocenters. The standard InChI is InChI=1S/C12H14BrN3OS/c1-2-14-11(17)5-6-16-10-7-8(13)3-4-9(10)15-12(16)18/h3-4,7H,2,5-6H2,1H3,(H,14,17)(H,15,18). The van der Waals surface area contributed by atoms with Gasteiger partial charge in [-0.25, -0.2) is 0 Å². The van der Waals surface area contributed by atoms with Crippen LogP contribution in [0.25, 0.3) is 11.0 Å². The Hall–Kier alpha value is -1.14. The summed E-state index contributed by atoms with van der Waals surface area (Å²) in [6, 6.07) is 5.93. The lowest BCUT2D eigenvalue weighted by atomic mass is 10.3. The largest absolute Gasteiger partial charge is 0.356 e. The molecule has 6 heteroatoms. The molecule has 0 saturated heterocycles. The van der Waals surface area contributed by atoms with Crippen LogP contribution < -0.4 is 5.32 Å². The van der Waals surface area contributed by atoms with Gasteiger partial charge in [-0.1, -0.05) is 15.9 Å². The van der Waals surface area contributed by atoms with E-state index in [1.54, 1.807) is 0 Å². The van der Waals surface area contributed by atoms with Gasteiger partial charge in [0, 0.05) is 24.0 Å². The van der Waals surface area contributed by atoms with Gasteiger partial charge in [0.15, 0.2) is 4.77 Å². The summed E-state index contributed by atoms with van der Waals surface area (Å²) in [4.78, 5) is 14.6. The number of H-pyrrole nitrogens is 1. The van der Waals surface area contributed by atoms with Gasteiger partial charge in [0.1, 0.15) is 0 Å². The monoisotopic (exact) mass is 327 g/mol. The van der Waals surface area contributed by atoms with E-state index in [0.29, 0.717) is 24.3 Å². The average Bonchev–Trinajstić information content (AvgIpc) is 2.62. The van der Waals surface area contributed by atoms with Gasteiger partial charge >= 0.3 is 0 Å². The fraction of sp³-hybridized carbons (Fsp3) is 0.333. The van der Waals surface area contributed by atoms with Gasteiger partial charge in [0.25, 0.3) is 0 Å². The van der Waals surface area contributed by atoms with E-state index in [9.17, 15) is 4.79 Å². The number of hydrogen-bond donors (Lipinski definition) is 2. The second-order valence-corrected chi connectivity index (χ2v) is 5.25. The smallest absolute Gasteiger partial charge is 0.221 e. The summed E-state index contributed by atoms with van der Waals surface area (Å²) in [5.41, 5.74) is 2.00. The molecule has 2 N–H and O–H groups in total. The maximum Gasteiger partial charge on any atom is 0.221 e. The van der Waals surface area contributed by atoms with Gasteiger partial charge in [-0.3, -0.25) is 4.79 Å². The molecule has 0 aliphatic heterocycles. The summed E-state index contributed by atoms with van der Waals surface area (Å²) in [6.45, 7) is 3.15. The molecule has 1 aromatic carbocycles. The van der Waals surface area contributed by atoms with Gasteiger partial charge in [0.2, 0.25) is 5.91 Å². The molecule has 1 aromatic heterocycles. The van der Waals surface area contributed by atoms with E-state index >= 15 is 0 Å². The van der Waals surface area contributed by atoms with Crippen LogP contribution in [0, 0.1) is 4.77 Å². The zero-order valence-corrected chi connectivity index (χ0v) is 12.4. The van der Waals surface area contributed by atoms with Gasteiger partial charge in [-0.2, -0.15) is 0 Å². The Labute approximate surface area is 119 Å². The number of imidazole rings is 1. The molecule has 0 fully saturated rings. The fourth-order valence-corrected chi connectivity index (χ4v) is 2.50. The highest BCUT2D eigenvalue weighted by Gasteiger charge is 2.07. The lowest BCUT2D eigenvalue weighted by molar-refractivity contribution is -0.121. The number of rotatable bonds is 4. The molecule has 0 saturated carbocycles. The van der Waals surface area contributed by atoms with E-state index in [2.05, 4.69) is 26.2 Å². The van der Waals surface area contributed by atoms with Crippen LogP contribution in [-0.2, 0) is 11.3 Å². The quantitative estimate of drug-likeness (QED) is 0.848. The number of amides is 1. The first kappa shape index (κ1) is 13.3. The number of hydrogen-bond acceptors (Lipinski definition) is 2. The summed E-state index contributed by atoms with van der Waals surface area (Å²) in [7, 11) is 0. The van der Waals surface area contributed by atoms with Crippen LogP contribution in [0.15, 0.2) is 22.7 Å². The van der Waals surface area contributed by atoms with Crippen molar-refractivity contribution in [1.29, 1.82) is 0 Å². The first-order valence-corrected chi connectivity index (χ1v) is 6.96. The first-order chi connectivity index (χ1) is 8.61. The second kappa shape index (κ2) is 5.67. The Balaban J connectivity index is 2.27. The van der Waals surface area contributed by atoms with Gasteiger partial charge in [0.05, 0.1) is 11.0 Å². The third kappa shape index (κ3) is 2.81. The summed E-state index contributed by atoms with van der Waals surface area (Å²) in [6.07, 6.45) is 0.432. The van der Waals surface area contributed by atoms with E-state index in [4.69, 9.17) is 12.2 Å². The number of aryl methyl sites for hydroxylation is 1. The number of carbonyl (C=O) groups excluding carboxylic acids is 1. The van der Waals surface area contributed by atoms with E-state index in [-0.39, 0.29) is 5.91 Å². The fourth-order valence-electron chi connectivity index (χ4n) is 1.85. The normalized spacial score (nSPS) is 10.8. The second-order valence-electron chi connectivity index (χ2n) is 3.95. The molecule has 2 rings (SSSR count). The molecule has 0 aliphatic carbocycles. The number of benzene rings is 1. The summed E-state index contributed by atoms with van der Waals surface area (Å²) in [5, 5.41) is 2.78. The Morgan fingerprint density at radius 2 is 2.33 bits per heavy atom. The highest BCUT2D eigenvalue weighted by molar-refractivity contribution is 9.10. The molecule has 4 nitrogen and oxygen atoms in total. The number of carbonyl (C=O) groups is 1. The van der Waals surface area contributed by atoms with E-state index in [1.807, 2.05) is 29.7 Å². The van der Waals surface area contributed by atoms with Crippen molar-refractivity contribution in [2.24, 2.45) is 0 Å². The summed E-state index contributed by atoms with van der Waals surface area (Å²) >= 11 is 8.71. The number of fused-ring (bicyclic) bond motifs is 1. The Bertz CT molecular complexity index is 632. The van der Waals surface area contributed by atoms with Crippen LogP contribution in [0.3, 0.4) is 0 Å². The third-order valence-electron chi connectivity index (χ3n) is 2.67. The topological polar surface area (TPSA) is 49.8 Å². The van der Waals surface area contributed by atoms with Gasteiger partial charge in [-0.05, 0) is 37.3 Å². The molecule has 0 radical (unpaired) electrons. The molecule has 2 aromatic rings. The Morgan fingerprint density at radius 3 is 3.06 bits per heavy atom. The van der Waals surface area contributed by atoms with Crippen molar-refractivity contribution < 1.29 is 4.79 Å². The van der Waals surface area contributed by atoms with Crippen LogP contribution in [0.5, 0.6) is 0 Å². The molecular formula is C12H14BrN3OS. The van der Waals surface area contributed by atoms with E-state index in [1.165, 1.54) is 0 Å². The van der Waals surface area contributed by atoms with Gasteiger partial charge < -0.3 is 14.9 Å². The molecule has 18 heavy (non-hydrogen) atoms. The van der Waals surface area contributed by atoms with Crippen LogP contribution >= 0.6 is 28.1 Å². The van der Waals surface area contributed by atoms with Gasteiger partial charge in [-0.15, -0.1) is 0 Å². The summed E-state index contributed by atoms with van der Waals surface area (Å²) < 4.78 is 3.59. The van der Waals surface area contributed by atoms with Crippen molar-refractivity contribution in [3.05, 3.63) is 27.4 Å². The van der Waals surface area contributed by atoms with Crippen molar-refractivity contribution in [1.82, 2.24) is 14.9 Å². The van der Waals surface area contributed by atoms with Crippen molar-refractivity contribution in [2.75, 3.05) is 6.54 Å². The number of aromatic nitrogens is 2. The maximum atomic E-state index is 11.5. The zero-order chi connectivity index (χ0) is 13.1. The number of nitrogens with one attached hydrogen (secondary N) is 2. The summed E-state index contributed by atoms with van der Waals surface area (Å²) in [5.74, 6) is 0.0451. The van der Waals surface area contributed by atoms with Crippen LogP contribution in [-0.4, -0.2) is 22.0 Å². The van der Waals surface area contributed by atoms with Crippen LogP contribution in [0.2, 0.25) is 0 Å². The Kier molecular flexibility index (Phi) is 4.19. The van der Waals surface area contributed by atoms with Crippen molar-refractivity contribution in [3.8, 4) is 0 Å².